The number of imidazole rings is 1. The van der Waals surface area contributed by atoms with Crippen molar-refractivity contribution >= 4 is 22.8 Å². The normalized spacial score (nSPS) is 11.8. The van der Waals surface area contributed by atoms with Gasteiger partial charge in [-0.05, 0) is 31.5 Å². The first-order valence-electron chi connectivity index (χ1n) is 10.8. The molecule has 4 aromatic rings. The van der Waals surface area contributed by atoms with Crippen LogP contribution in [0.15, 0.2) is 71.8 Å². The SMILES string of the molecule is CCNC(=O)c1cn(Cc2ccccc2)cc(C(=O)NC(C)c2nc3ccccc3[nH]2)c1=O. The van der Waals surface area contributed by atoms with Gasteiger partial charge < -0.3 is 20.2 Å². The second-order valence-corrected chi connectivity index (χ2v) is 7.77. The van der Waals surface area contributed by atoms with Crippen molar-refractivity contribution in [3.05, 3.63) is 99.7 Å². The third-order valence-electron chi connectivity index (χ3n) is 5.28. The summed E-state index contributed by atoms with van der Waals surface area (Å²) in [5.41, 5.74) is 1.84. The predicted octanol–water partition coefficient (Wildman–Crippen LogP) is 3.01. The fourth-order valence-corrected chi connectivity index (χ4v) is 3.62. The summed E-state index contributed by atoms with van der Waals surface area (Å²) in [7, 11) is 0. The van der Waals surface area contributed by atoms with Crippen molar-refractivity contribution in [3.63, 3.8) is 0 Å². The maximum absolute atomic E-state index is 13.1. The molecule has 0 aliphatic rings. The fraction of sp³-hybridized carbons (Fsp3) is 0.200. The maximum atomic E-state index is 13.1. The molecule has 8 heteroatoms. The van der Waals surface area contributed by atoms with E-state index in [1.165, 1.54) is 12.4 Å². The number of hydrogen-bond acceptors (Lipinski definition) is 4. The van der Waals surface area contributed by atoms with Crippen LogP contribution in [-0.4, -0.2) is 32.9 Å². The van der Waals surface area contributed by atoms with Gasteiger partial charge in [0.05, 0.1) is 17.1 Å². The van der Waals surface area contributed by atoms with Gasteiger partial charge in [-0.3, -0.25) is 14.4 Å². The summed E-state index contributed by atoms with van der Waals surface area (Å²) in [6, 6.07) is 16.7. The number of H-pyrrole nitrogens is 1. The zero-order valence-electron chi connectivity index (χ0n) is 18.5. The van der Waals surface area contributed by atoms with Crippen molar-refractivity contribution in [2.24, 2.45) is 0 Å². The first-order valence-corrected chi connectivity index (χ1v) is 10.8. The highest BCUT2D eigenvalue weighted by Gasteiger charge is 2.21. The second-order valence-electron chi connectivity index (χ2n) is 7.77. The van der Waals surface area contributed by atoms with E-state index in [2.05, 4.69) is 20.6 Å². The van der Waals surface area contributed by atoms with Gasteiger partial charge >= 0.3 is 0 Å². The van der Waals surface area contributed by atoms with Crippen LogP contribution in [0.3, 0.4) is 0 Å². The highest BCUT2D eigenvalue weighted by molar-refractivity contribution is 5.99. The first-order chi connectivity index (χ1) is 16.0. The Morgan fingerprint density at radius 3 is 2.36 bits per heavy atom. The van der Waals surface area contributed by atoms with E-state index in [0.29, 0.717) is 18.9 Å². The Labute approximate surface area is 190 Å². The lowest BCUT2D eigenvalue weighted by Gasteiger charge is -2.14. The number of carbonyl (C=O) groups excluding carboxylic acids is 2. The molecule has 33 heavy (non-hydrogen) atoms. The Bertz CT molecular complexity index is 1320. The molecule has 0 fully saturated rings. The Morgan fingerprint density at radius 2 is 1.67 bits per heavy atom. The van der Waals surface area contributed by atoms with Crippen molar-refractivity contribution in [1.29, 1.82) is 0 Å². The molecule has 3 N–H and O–H groups in total. The Balaban J connectivity index is 1.65. The highest BCUT2D eigenvalue weighted by atomic mass is 16.2. The molecule has 4 rings (SSSR count). The smallest absolute Gasteiger partial charge is 0.257 e. The van der Waals surface area contributed by atoms with Crippen LogP contribution in [0, 0.1) is 0 Å². The van der Waals surface area contributed by atoms with Crippen LogP contribution in [0.5, 0.6) is 0 Å². The van der Waals surface area contributed by atoms with E-state index in [1.807, 2.05) is 54.6 Å². The number of aromatic nitrogens is 3. The number of benzene rings is 2. The Hall–Kier alpha value is -4.20. The summed E-state index contributed by atoms with van der Waals surface area (Å²) in [4.78, 5) is 46.3. The van der Waals surface area contributed by atoms with Crippen molar-refractivity contribution < 1.29 is 9.59 Å². The minimum Gasteiger partial charge on any atom is -0.352 e. The van der Waals surface area contributed by atoms with Gasteiger partial charge in [0.25, 0.3) is 11.8 Å². The van der Waals surface area contributed by atoms with E-state index in [1.54, 1.807) is 18.4 Å². The minimum absolute atomic E-state index is 0.0724. The molecule has 2 amide bonds. The summed E-state index contributed by atoms with van der Waals surface area (Å²) in [6.45, 7) is 4.33. The first kappa shape index (κ1) is 22.0. The predicted molar refractivity (Wildman–Crippen MR) is 126 cm³/mol. The molecule has 1 unspecified atom stereocenters. The molecule has 2 aromatic heterocycles. The molecule has 0 spiro atoms. The molecule has 0 bridgehead atoms. The molecule has 8 nitrogen and oxygen atoms in total. The van der Waals surface area contributed by atoms with E-state index in [4.69, 9.17) is 0 Å². The van der Waals surface area contributed by atoms with E-state index < -0.39 is 23.3 Å². The number of nitrogens with zero attached hydrogens (tertiary/aromatic N) is 2. The van der Waals surface area contributed by atoms with Gasteiger partial charge in [-0.25, -0.2) is 4.98 Å². The molecule has 0 aliphatic carbocycles. The summed E-state index contributed by atoms with van der Waals surface area (Å²) < 4.78 is 1.68. The monoisotopic (exact) mass is 443 g/mol. The standard InChI is InChI=1S/C25H25N5O3/c1-3-26-24(32)18-14-30(13-17-9-5-4-6-10-17)15-19(22(18)31)25(33)27-16(2)23-28-20-11-7-8-12-21(20)29-23/h4-12,14-16H,3,13H2,1-2H3,(H,26,32)(H,27,33)(H,28,29). The molecule has 2 heterocycles. The van der Waals surface area contributed by atoms with Crippen LogP contribution in [0.1, 0.15) is 52.0 Å². The van der Waals surface area contributed by atoms with Crippen LogP contribution in [0.2, 0.25) is 0 Å². The summed E-state index contributed by atoms with van der Waals surface area (Å²) in [6.07, 6.45) is 2.97. The molecular weight excluding hydrogens is 418 g/mol. The van der Waals surface area contributed by atoms with Crippen LogP contribution >= 0.6 is 0 Å². The molecule has 0 aliphatic heterocycles. The Kier molecular flexibility index (Phi) is 6.35. The molecule has 0 saturated heterocycles. The highest BCUT2D eigenvalue weighted by Crippen LogP contribution is 2.16. The largest absolute Gasteiger partial charge is 0.352 e. The van der Waals surface area contributed by atoms with Gasteiger partial charge in [0.2, 0.25) is 5.43 Å². The summed E-state index contributed by atoms with van der Waals surface area (Å²) in [5.74, 6) is -0.501. The van der Waals surface area contributed by atoms with Crippen LogP contribution in [0.4, 0.5) is 0 Å². The van der Waals surface area contributed by atoms with Gasteiger partial charge in [0, 0.05) is 25.5 Å². The topological polar surface area (TPSA) is 109 Å². The van der Waals surface area contributed by atoms with E-state index >= 15 is 0 Å². The average molecular weight is 444 g/mol. The number of para-hydroxylation sites is 2. The van der Waals surface area contributed by atoms with Gasteiger partial charge in [0.1, 0.15) is 17.0 Å². The van der Waals surface area contributed by atoms with Crippen molar-refractivity contribution in [2.45, 2.75) is 26.4 Å². The van der Waals surface area contributed by atoms with Gasteiger partial charge in [-0.1, -0.05) is 42.5 Å². The average Bonchev–Trinajstić information content (AvgIpc) is 3.25. The zero-order valence-corrected chi connectivity index (χ0v) is 18.5. The zero-order chi connectivity index (χ0) is 23.4. The number of rotatable bonds is 7. The van der Waals surface area contributed by atoms with Gasteiger partial charge in [-0.2, -0.15) is 0 Å². The lowest BCUT2D eigenvalue weighted by atomic mass is 10.1. The summed E-state index contributed by atoms with van der Waals surface area (Å²) in [5, 5.41) is 5.47. The number of fused-ring (bicyclic) bond motifs is 1. The molecule has 0 saturated carbocycles. The quantitative estimate of drug-likeness (QED) is 0.408. The molecule has 1 atom stereocenters. The van der Waals surface area contributed by atoms with Crippen molar-refractivity contribution in [3.8, 4) is 0 Å². The second kappa shape index (κ2) is 9.52. The maximum Gasteiger partial charge on any atom is 0.257 e. The fourth-order valence-electron chi connectivity index (χ4n) is 3.62. The third-order valence-corrected chi connectivity index (χ3v) is 5.28. The third kappa shape index (κ3) is 4.85. The van der Waals surface area contributed by atoms with E-state index in [-0.39, 0.29) is 11.1 Å². The van der Waals surface area contributed by atoms with Crippen molar-refractivity contribution in [2.75, 3.05) is 6.54 Å². The van der Waals surface area contributed by atoms with Gasteiger partial charge in [-0.15, -0.1) is 0 Å². The van der Waals surface area contributed by atoms with Crippen LogP contribution < -0.4 is 16.1 Å². The summed E-state index contributed by atoms with van der Waals surface area (Å²) >= 11 is 0. The Morgan fingerprint density at radius 1 is 1.00 bits per heavy atom. The van der Waals surface area contributed by atoms with E-state index in [9.17, 15) is 14.4 Å². The molecular formula is C25H25N5O3. The molecule has 2 aromatic carbocycles. The van der Waals surface area contributed by atoms with Crippen molar-refractivity contribution in [1.82, 2.24) is 25.2 Å². The van der Waals surface area contributed by atoms with E-state index in [0.717, 1.165) is 16.6 Å². The molecule has 0 radical (unpaired) electrons. The van der Waals surface area contributed by atoms with Crippen LogP contribution in [-0.2, 0) is 6.54 Å². The number of pyridine rings is 1. The number of nitrogens with one attached hydrogen (secondary N) is 3. The number of aromatic amines is 1. The molecule has 168 valence electrons. The minimum atomic E-state index is -0.612. The lowest BCUT2D eigenvalue weighted by Crippen LogP contribution is -2.36. The van der Waals surface area contributed by atoms with Crippen LogP contribution in [0.25, 0.3) is 11.0 Å². The lowest BCUT2D eigenvalue weighted by molar-refractivity contribution is 0.0936. The number of amides is 2. The number of hydrogen-bond donors (Lipinski definition) is 3. The number of carbonyl (C=O) groups is 2. The van der Waals surface area contributed by atoms with Gasteiger partial charge in [0.15, 0.2) is 0 Å².